The molecule has 0 aliphatic rings. The number of carbonyl (C=O) groups excluding carboxylic acids is 2. The average Bonchev–Trinajstić information content (AvgIpc) is 2.62. The minimum Gasteiger partial charge on any atom is -0.462 e. The second kappa shape index (κ2) is 8.48. The van der Waals surface area contributed by atoms with Crippen LogP contribution >= 0.6 is 0 Å². The summed E-state index contributed by atoms with van der Waals surface area (Å²) in [6, 6.07) is 12.5. The Hall–Kier alpha value is -2.87. The summed E-state index contributed by atoms with van der Waals surface area (Å²) in [6.45, 7) is 3.47. The molecule has 2 N–H and O–H groups in total. The number of carbonyl (C=O) groups is 2. The lowest BCUT2D eigenvalue weighted by molar-refractivity contribution is 0.0527. The highest BCUT2D eigenvalue weighted by atomic mass is 32.2. The largest absolute Gasteiger partial charge is 0.462 e. The first-order valence-corrected chi connectivity index (χ1v) is 9.69. The van der Waals surface area contributed by atoms with Crippen LogP contribution in [-0.4, -0.2) is 32.7 Å². The van der Waals surface area contributed by atoms with E-state index in [1.165, 1.54) is 31.2 Å². The zero-order chi connectivity index (χ0) is 19.2. The lowest BCUT2D eigenvalue weighted by Gasteiger charge is -2.11. The molecule has 2 aromatic carbocycles. The van der Waals surface area contributed by atoms with Gasteiger partial charge in [0.1, 0.15) is 0 Å². The molecule has 2 aromatic rings. The van der Waals surface area contributed by atoms with E-state index in [0.29, 0.717) is 16.9 Å². The first kappa shape index (κ1) is 19.5. The van der Waals surface area contributed by atoms with Gasteiger partial charge in [-0.25, -0.2) is 13.2 Å². The number of para-hydroxylation sites is 1. The summed E-state index contributed by atoms with van der Waals surface area (Å²) in [6.07, 6.45) is 0. The predicted molar refractivity (Wildman–Crippen MR) is 99.9 cm³/mol. The van der Waals surface area contributed by atoms with Crippen LogP contribution in [0, 0.1) is 0 Å². The third kappa shape index (κ3) is 5.06. The smallest absolute Gasteiger partial charge is 0.340 e. The van der Waals surface area contributed by atoms with E-state index in [2.05, 4.69) is 10.0 Å². The van der Waals surface area contributed by atoms with Gasteiger partial charge in [-0.1, -0.05) is 12.1 Å². The summed E-state index contributed by atoms with van der Waals surface area (Å²) in [7, 11) is -3.38. The van der Waals surface area contributed by atoms with E-state index in [-0.39, 0.29) is 17.9 Å². The quantitative estimate of drug-likeness (QED) is 0.724. The van der Waals surface area contributed by atoms with Crippen LogP contribution in [0.4, 0.5) is 11.4 Å². The van der Waals surface area contributed by atoms with Crippen LogP contribution in [0.1, 0.15) is 34.6 Å². The molecule has 0 aromatic heterocycles. The fourth-order valence-corrected chi connectivity index (χ4v) is 2.75. The average molecular weight is 376 g/mol. The third-order valence-corrected chi connectivity index (χ3v) is 4.78. The zero-order valence-electron chi connectivity index (χ0n) is 14.5. The Kier molecular flexibility index (Phi) is 6.35. The van der Waals surface area contributed by atoms with Crippen molar-refractivity contribution in [2.24, 2.45) is 0 Å². The number of anilines is 2. The molecule has 1 amide bonds. The standard InChI is InChI=1S/C18H20N2O5S/c1-3-25-18(22)15-7-5-6-8-16(15)19-17(21)13-9-11-14(12-10-13)20-26(23,24)4-2/h5-12,20H,3-4H2,1-2H3,(H,19,21). The van der Waals surface area contributed by atoms with Crippen LogP contribution in [0.2, 0.25) is 0 Å². The maximum absolute atomic E-state index is 12.4. The Labute approximate surface area is 152 Å². The molecular weight excluding hydrogens is 356 g/mol. The monoisotopic (exact) mass is 376 g/mol. The van der Waals surface area contributed by atoms with Gasteiger partial charge in [0.15, 0.2) is 0 Å². The van der Waals surface area contributed by atoms with Gasteiger partial charge in [0.2, 0.25) is 10.0 Å². The van der Waals surface area contributed by atoms with Crippen molar-refractivity contribution >= 4 is 33.3 Å². The molecule has 0 heterocycles. The molecular formula is C18H20N2O5S. The molecule has 0 aliphatic heterocycles. The van der Waals surface area contributed by atoms with Crippen LogP contribution < -0.4 is 10.0 Å². The first-order chi connectivity index (χ1) is 12.4. The summed E-state index contributed by atoms with van der Waals surface area (Å²) in [5.41, 5.74) is 1.29. The highest BCUT2D eigenvalue weighted by molar-refractivity contribution is 7.92. The van der Waals surface area contributed by atoms with Gasteiger partial charge >= 0.3 is 5.97 Å². The van der Waals surface area contributed by atoms with Gasteiger partial charge in [-0.2, -0.15) is 0 Å². The number of esters is 1. The second-order valence-corrected chi connectivity index (χ2v) is 7.31. The summed E-state index contributed by atoms with van der Waals surface area (Å²) < 4.78 is 30.5. The Morgan fingerprint density at radius 2 is 1.65 bits per heavy atom. The molecule has 0 spiro atoms. The molecule has 0 radical (unpaired) electrons. The van der Waals surface area contributed by atoms with Crippen LogP contribution in [0.25, 0.3) is 0 Å². The fourth-order valence-electron chi connectivity index (χ4n) is 2.11. The van der Waals surface area contributed by atoms with Gasteiger partial charge in [-0.05, 0) is 50.2 Å². The highest BCUT2D eigenvalue weighted by Gasteiger charge is 2.15. The summed E-state index contributed by atoms with van der Waals surface area (Å²) in [5, 5.41) is 2.67. The topological polar surface area (TPSA) is 102 Å². The van der Waals surface area contributed by atoms with Crippen molar-refractivity contribution in [2.45, 2.75) is 13.8 Å². The highest BCUT2D eigenvalue weighted by Crippen LogP contribution is 2.18. The van der Waals surface area contributed by atoms with E-state index >= 15 is 0 Å². The number of sulfonamides is 1. The number of benzene rings is 2. The molecule has 26 heavy (non-hydrogen) atoms. The molecule has 0 saturated carbocycles. The van der Waals surface area contributed by atoms with E-state index < -0.39 is 21.9 Å². The SMILES string of the molecule is CCOC(=O)c1ccccc1NC(=O)c1ccc(NS(=O)(=O)CC)cc1. The van der Waals surface area contributed by atoms with Gasteiger partial charge in [0.25, 0.3) is 5.91 Å². The molecule has 0 unspecified atom stereocenters. The van der Waals surface area contributed by atoms with Gasteiger partial charge in [-0.15, -0.1) is 0 Å². The van der Waals surface area contributed by atoms with Gasteiger partial charge in [0, 0.05) is 11.3 Å². The molecule has 0 atom stereocenters. The Balaban J connectivity index is 2.15. The predicted octanol–water partition coefficient (Wildman–Crippen LogP) is 2.88. The molecule has 2 rings (SSSR count). The number of rotatable bonds is 7. The zero-order valence-corrected chi connectivity index (χ0v) is 15.3. The number of hydrogen-bond donors (Lipinski definition) is 2. The maximum atomic E-state index is 12.4. The van der Waals surface area contributed by atoms with Crippen molar-refractivity contribution in [3.8, 4) is 0 Å². The molecule has 7 nitrogen and oxygen atoms in total. The lowest BCUT2D eigenvalue weighted by Crippen LogP contribution is -2.16. The number of amides is 1. The Bertz CT molecular complexity index is 892. The van der Waals surface area contributed by atoms with Crippen molar-refractivity contribution in [3.63, 3.8) is 0 Å². The van der Waals surface area contributed by atoms with Gasteiger partial charge in [0.05, 0.1) is 23.6 Å². The van der Waals surface area contributed by atoms with Crippen LogP contribution in [0.3, 0.4) is 0 Å². The molecule has 0 aliphatic carbocycles. The van der Waals surface area contributed by atoms with Crippen molar-refractivity contribution < 1.29 is 22.7 Å². The lowest BCUT2D eigenvalue weighted by atomic mass is 10.1. The normalized spacial score (nSPS) is 10.8. The number of ether oxygens (including phenoxy) is 1. The molecule has 138 valence electrons. The number of hydrogen-bond acceptors (Lipinski definition) is 5. The molecule has 0 fully saturated rings. The van der Waals surface area contributed by atoms with E-state index in [4.69, 9.17) is 4.74 Å². The van der Waals surface area contributed by atoms with E-state index in [0.717, 1.165) is 0 Å². The van der Waals surface area contributed by atoms with Gasteiger partial charge < -0.3 is 10.1 Å². The molecule has 0 saturated heterocycles. The van der Waals surface area contributed by atoms with Crippen LogP contribution in [0.5, 0.6) is 0 Å². The summed E-state index contributed by atoms with van der Waals surface area (Å²) in [5.74, 6) is -0.987. The van der Waals surface area contributed by atoms with E-state index in [9.17, 15) is 18.0 Å². The van der Waals surface area contributed by atoms with E-state index in [1.54, 1.807) is 31.2 Å². The summed E-state index contributed by atoms with van der Waals surface area (Å²) >= 11 is 0. The Morgan fingerprint density at radius 1 is 1.00 bits per heavy atom. The maximum Gasteiger partial charge on any atom is 0.340 e. The summed E-state index contributed by atoms with van der Waals surface area (Å²) in [4.78, 5) is 24.3. The van der Waals surface area contributed by atoms with Crippen LogP contribution in [0.15, 0.2) is 48.5 Å². The minimum absolute atomic E-state index is 0.0418. The fraction of sp³-hybridized carbons (Fsp3) is 0.222. The number of nitrogens with one attached hydrogen (secondary N) is 2. The first-order valence-electron chi connectivity index (χ1n) is 8.04. The van der Waals surface area contributed by atoms with Crippen molar-refractivity contribution in [1.29, 1.82) is 0 Å². The Morgan fingerprint density at radius 3 is 2.27 bits per heavy atom. The second-order valence-electron chi connectivity index (χ2n) is 5.30. The van der Waals surface area contributed by atoms with Gasteiger partial charge in [-0.3, -0.25) is 9.52 Å². The molecule has 0 bridgehead atoms. The molecule has 8 heteroatoms. The minimum atomic E-state index is -3.38. The third-order valence-electron chi connectivity index (χ3n) is 3.47. The van der Waals surface area contributed by atoms with Crippen molar-refractivity contribution in [2.75, 3.05) is 22.4 Å². The van der Waals surface area contributed by atoms with Crippen molar-refractivity contribution in [3.05, 3.63) is 59.7 Å². The van der Waals surface area contributed by atoms with E-state index in [1.807, 2.05) is 0 Å². The van der Waals surface area contributed by atoms with Crippen LogP contribution in [-0.2, 0) is 14.8 Å². The van der Waals surface area contributed by atoms with Crippen molar-refractivity contribution in [1.82, 2.24) is 0 Å².